The summed E-state index contributed by atoms with van der Waals surface area (Å²) in [4.78, 5) is 0. The quantitative estimate of drug-likeness (QED) is 0.226. The fraction of sp³-hybridized carbons (Fsp3) is 0.0526. The van der Waals surface area contributed by atoms with Crippen molar-refractivity contribution >= 4 is 22.0 Å². The van der Waals surface area contributed by atoms with E-state index in [1.165, 1.54) is 49.7 Å². The molecule has 0 unspecified atom stereocenters. The van der Waals surface area contributed by atoms with E-state index in [2.05, 4.69) is 134 Å². The Balaban J connectivity index is 1.34. The smallest absolute Gasteiger partial charge is 0.0320 e. The number of anilines is 1. The molecule has 0 saturated carbocycles. The second-order valence-electron chi connectivity index (χ2n) is 10.1. The van der Waals surface area contributed by atoms with Crippen LogP contribution in [0.4, 0.5) is 5.69 Å². The summed E-state index contributed by atoms with van der Waals surface area (Å²) >= 11 is 0. The fourth-order valence-electron chi connectivity index (χ4n) is 5.19. The number of fused-ring (bicyclic) bond motifs is 1. The van der Waals surface area contributed by atoms with Crippen LogP contribution >= 0.6 is 0 Å². The van der Waals surface area contributed by atoms with E-state index in [9.17, 15) is 0 Å². The van der Waals surface area contributed by atoms with Gasteiger partial charge in [0, 0.05) is 5.69 Å². The molecular weight excluding hydrogens is 470 g/mol. The van der Waals surface area contributed by atoms with E-state index in [4.69, 9.17) is 5.73 Å². The highest BCUT2D eigenvalue weighted by Crippen LogP contribution is 2.37. The van der Waals surface area contributed by atoms with Crippen LogP contribution in [0.3, 0.4) is 0 Å². The summed E-state index contributed by atoms with van der Waals surface area (Å²) in [5, 5.41) is 2.49. The summed E-state index contributed by atoms with van der Waals surface area (Å²) in [5.41, 5.74) is 17.9. The van der Waals surface area contributed by atoms with Crippen LogP contribution in [0.25, 0.3) is 49.7 Å². The van der Waals surface area contributed by atoms with E-state index in [0.717, 1.165) is 23.2 Å². The lowest BCUT2D eigenvalue weighted by Gasteiger charge is -2.14. The number of benzene rings is 6. The third-order valence-corrected chi connectivity index (χ3v) is 7.44. The van der Waals surface area contributed by atoms with Gasteiger partial charge in [0.1, 0.15) is 0 Å². The van der Waals surface area contributed by atoms with E-state index in [1.807, 2.05) is 18.2 Å². The average Bonchev–Trinajstić information content (AvgIpc) is 3.00. The molecule has 2 N–H and O–H groups in total. The molecule has 188 valence electrons. The van der Waals surface area contributed by atoms with Gasteiger partial charge in [-0.2, -0.15) is 0 Å². The number of rotatable bonds is 6. The first-order valence-corrected chi connectivity index (χ1v) is 13.4. The van der Waals surface area contributed by atoms with Gasteiger partial charge < -0.3 is 5.73 Å². The summed E-state index contributed by atoms with van der Waals surface area (Å²) in [6, 6.07) is 49.7. The number of nitrogens with two attached hydrogens (primary N) is 1. The van der Waals surface area contributed by atoms with Crippen LogP contribution in [-0.2, 0) is 6.42 Å². The molecular formula is C38H31N. The lowest BCUT2D eigenvalue weighted by Crippen LogP contribution is -1.89. The molecule has 6 aromatic rings. The molecule has 39 heavy (non-hydrogen) atoms. The molecule has 0 bridgehead atoms. The third-order valence-electron chi connectivity index (χ3n) is 7.44. The molecule has 6 aromatic carbocycles. The lowest BCUT2D eigenvalue weighted by molar-refractivity contribution is 1.27. The Kier molecular flexibility index (Phi) is 6.80. The highest BCUT2D eigenvalue weighted by Gasteiger charge is 2.11. The normalized spacial score (nSPS) is 11.6. The zero-order valence-corrected chi connectivity index (χ0v) is 22.1. The van der Waals surface area contributed by atoms with Crippen LogP contribution in [0.1, 0.15) is 18.1 Å². The molecule has 0 aliphatic carbocycles. The molecule has 0 amide bonds. The van der Waals surface area contributed by atoms with Crippen molar-refractivity contribution in [1.82, 2.24) is 0 Å². The van der Waals surface area contributed by atoms with Gasteiger partial charge >= 0.3 is 0 Å². The Morgan fingerprint density at radius 1 is 0.538 bits per heavy atom. The van der Waals surface area contributed by atoms with E-state index in [-0.39, 0.29) is 0 Å². The zero-order valence-electron chi connectivity index (χ0n) is 22.1. The predicted molar refractivity (Wildman–Crippen MR) is 168 cm³/mol. The third kappa shape index (κ3) is 5.39. The molecule has 0 aliphatic rings. The topological polar surface area (TPSA) is 26.0 Å². The first-order chi connectivity index (χ1) is 19.1. The van der Waals surface area contributed by atoms with Crippen LogP contribution < -0.4 is 5.73 Å². The molecule has 0 heterocycles. The molecule has 0 radical (unpaired) electrons. The second kappa shape index (κ2) is 10.8. The predicted octanol–water partition coefficient (Wildman–Crippen LogP) is 10.1. The van der Waals surface area contributed by atoms with Gasteiger partial charge in [0.25, 0.3) is 0 Å². The molecule has 1 nitrogen and oxygen atoms in total. The standard InChI is InChI=1S/C38H31N/c1-27(29-8-3-2-4-9-29)14-15-28-16-18-31(19-17-28)37-25-34-10-5-6-11-35(34)26-38(37)32-22-20-30(21-23-32)33-12-7-13-36(39)24-33/h2-14,16-26H,15,39H2,1H3/b27-14+. The van der Waals surface area contributed by atoms with Crippen molar-refractivity contribution in [2.45, 2.75) is 13.3 Å². The van der Waals surface area contributed by atoms with Crippen molar-refractivity contribution in [3.05, 3.63) is 157 Å². The van der Waals surface area contributed by atoms with Crippen LogP contribution in [0, 0.1) is 0 Å². The Bertz CT molecular complexity index is 1760. The van der Waals surface area contributed by atoms with Crippen LogP contribution in [0.15, 0.2) is 146 Å². The number of allylic oxidation sites excluding steroid dienone is 2. The van der Waals surface area contributed by atoms with Crippen molar-refractivity contribution < 1.29 is 0 Å². The van der Waals surface area contributed by atoms with Gasteiger partial charge in [-0.25, -0.2) is 0 Å². The molecule has 0 saturated heterocycles. The van der Waals surface area contributed by atoms with E-state index >= 15 is 0 Å². The minimum Gasteiger partial charge on any atom is -0.399 e. The Morgan fingerprint density at radius 2 is 1.10 bits per heavy atom. The highest BCUT2D eigenvalue weighted by atomic mass is 14.5. The maximum atomic E-state index is 6.02. The van der Waals surface area contributed by atoms with Crippen LogP contribution in [0.2, 0.25) is 0 Å². The Hall–Kier alpha value is -4.88. The van der Waals surface area contributed by atoms with Crippen molar-refractivity contribution in [3.63, 3.8) is 0 Å². The summed E-state index contributed by atoms with van der Waals surface area (Å²) < 4.78 is 0. The molecule has 6 rings (SSSR count). The van der Waals surface area contributed by atoms with E-state index < -0.39 is 0 Å². The maximum absolute atomic E-state index is 6.02. The zero-order chi connectivity index (χ0) is 26.6. The molecule has 0 aromatic heterocycles. The van der Waals surface area contributed by atoms with Crippen molar-refractivity contribution in [2.24, 2.45) is 0 Å². The van der Waals surface area contributed by atoms with Gasteiger partial charge in [-0.3, -0.25) is 0 Å². The minimum atomic E-state index is 0.780. The minimum absolute atomic E-state index is 0.780. The highest BCUT2D eigenvalue weighted by molar-refractivity contribution is 5.96. The second-order valence-corrected chi connectivity index (χ2v) is 10.1. The van der Waals surface area contributed by atoms with E-state index in [1.54, 1.807) is 0 Å². The van der Waals surface area contributed by atoms with Gasteiger partial charge in [-0.05, 0) is 98.5 Å². The van der Waals surface area contributed by atoms with Crippen molar-refractivity contribution in [3.8, 4) is 33.4 Å². The van der Waals surface area contributed by atoms with Crippen molar-refractivity contribution in [2.75, 3.05) is 5.73 Å². The van der Waals surface area contributed by atoms with Gasteiger partial charge in [-0.1, -0.05) is 121 Å². The van der Waals surface area contributed by atoms with Crippen molar-refractivity contribution in [1.29, 1.82) is 0 Å². The number of hydrogen-bond acceptors (Lipinski definition) is 1. The van der Waals surface area contributed by atoms with Gasteiger partial charge in [0.05, 0.1) is 0 Å². The molecule has 1 heteroatoms. The average molecular weight is 502 g/mol. The molecule has 0 fully saturated rings. The SMILES string of the molecule is C/C(=C\Cc1ccc(-c2cc3ccccc3cc2-c2ccc(-c3cccc(N)c3)cc2)cc1)c1ccccc1. The molecule has 0 spiro atoms. The molecule has 0 atom stereocenters. The monoisotopic (exact) mass is 501 g/mol. The van der Waals surface area contributed by atoms with Gasteiger partial charge in [0.2, 0.25) is 0 Å². The first-order valence-electron chi connectivity index (χ1n) is 13.4. The number of nitrogen functional groups attached to an aromatic ring is 1. The summed E-state index contributed by atoms with van der Waals surface area (Å²) in [6.45, 7) is 2.18. The van der Waals surface area contributed by atoms with Gasteiger partial charge in [0.15, 0.2) is 0 Å². The maximum Gasteiger partial charge on any atom is 0.0320 e. The molecule has 0 aliphatic heterocycles. The summed E-state index contributed by atoms with van der Waals surface area (Å²) in [7, 11) is 0. The Labute approximate surface area is 230 Å². The largest absolute Gasteiger partial charge is 0.399 e. The van der Waals surface area contributed by atoms with Gasteiger partial charge in [-0.15, -0.1) is 0 Å². The Morgan fingerprint density at radius 3 is 1.72 bits per heavy atom. The first kappa shape index (κ1) is 24.5. The van der Waals surface area contributed by atoms with E-state index in [0.29, 0.717) is 0 Å². The van der Waals surface area contributed by atoms with Crippen LogP contribution in [-0.4, -0.2) is 0 Å². The van der Waals surface area contributed by atoms with Crippen LogP contribution in [0.5, 0.6) is 0 Å². The summed E-state index contributed by atoms with van der Waals surface area (Å²) in [6.07, 6.45) is 3.23. The number of hydrogen-bond donors (Lipinski definition) is 1. The fourth-order valence-corrected chi connectivity index (χ4v) is 5.19. The lowest BCUT2D eigenvalue weighted by atomic mass is 9.90. The summed E-state index contributed by atoms with van der Waals surface area (Å²) in [5.74, 6) is 0.